The molecule has 2 atom stereocenters. The molecule has 0 bridgehead atoms. The molecular weight excluding hydrogens is 212 g/mol. The van der Waals surface area contributed by atoms with Crippen molar-refractivity contribution in [3.8, 4) is 5.75 Å². The number of fused-ring (bicyclic) bond motifs is 1. The van der Waals surface area contributed by atoms with E-state index in [1.54, 1.807) is 12.1 Å². The molecular formula is C14H20N2O. The molecule has 0 spiro atoms. The quantitative estimate of drug-likeness (QED) is 0.820. The molecule has 0 aliphatic rings. The molecule has 0 saturated heterocycles. The van der Waals surface area contributed by atoms with Crippen molar-refractivity contribution >= 4 is 10.9 Å². The predicted molar refractivity (Wildman–Crippen MR) is 71.6 cm³/mol. The Bertz CT molecular complexity index is 778. The Kier molecular flexibility index (Phi) is 1.31. The third-order valence-corrected chi connectivity index (χ3v) is 2.59. The van der Waals surface area contributed by atoms with Gasteiger partial charge in [-0.05, 0) is 45.1 Å². The van der Waals surface area contributed by atoms with Crippen molar-refractivity contribution in [2.45, 2.75) is 19.5 Å². The third kappa shape index (κ3) is 2.44. The SMILES string of the molecule is [2H]C([C@@H](C)N(C([2H])([2H])[2H])C([2H])([2H])[2H])n1ccc2cc(OC([2H])([2H])[2H])ccc21. The molecule has 0 aliphatic carbocycles. The van der Waals surface area contributed by atoms with E-state index in [4.69, 9.17) is 18.4 Å². The van der Waals surface area contributed by atoms with Crippen LogP contribution >= 0.6 is 0 Å². The summed E-state index contributed by atoms with van der Waals surface area (Å²) in [6.45, 7) is -5.65. The molecule has 3 nitrogen and oxygen atoms in total. The molecule has 0 amide bonds. The summed E-state index contributed by atoms with van der Waals surface area (Å²) < 4.78 is 81.1. The molecule has 0 radical (unpaired) electrons. The Morgan fingerprint density at radius 3 is 3.12 bits per heavy atom. The molecule has 0 fully saturated rings. The first-order chi connectivity index (χ1) is 12.1. The summed E-state index contributed by atoms with van der Waals surface area (Å²) in [4.78, 5) is 0.371. The smallest absolute Gasteiger partial charge is 0.119 e. The largest absolute Gasteiger partial charge is 0.497 e. The number of ether oxygens (including phenoxy) is 1. The van der Waals surface area contributed by atoms with Crippen LogP contribution in [0.25, 0.3) is 10.9 Å². The van der Waals surface area contributed by atoms with E-state index in [9.17, 15) is 0 Å². The molecule has 0 saturated carbocycles. The Balaban J connectivity index is 2.38. The maximum absolute atomic E-state index is 8.41. The molecule has 3 heteroatoms. The number of aromatic nitrogens is 1. The standard InChI is InChI=1S/C14H20N2O/c1-11(15(2)3)10-16-8-7-12-9-13(17-4)5-6-14(12)16/h5-9,11H,10H2,1-4H3/t11-/m1/s1/i2D3,3D3,4D3,10D/t10?,11-. The monoisotopic (exact) mass is 242 g/mol. The van der Waals surface area contributed by atoms with Crippen LogP contribution in [0.2, 0.25) is 0 Å². The van der Waals surface area contributed by atoms with Crippen molar-refractivity contribution in [1.29, 1.82) is 0 Å². The highest BCUT2D eigenvalue weighted by Gasteiger charge is 2.08. The fraction of sp³-hybridized carbons (Fsp3) is 0.429. The number of methoxy groups -OCH3 is 1. The average Bonchev–Trinajstić information content (AvgIpc) is 2.84. The van der Waals surface area contributed by atoms with E-state index in [1.165, 1.54) is 29.8 Å². The van der Waals surface area contributed by atoms with Gasteiger partial charge in [0.05, 0.1) is 12.5 Å². The van der Waals surface area contributed by atoms with Gasteiger partial charge in [0.1, 0.15) is 5.75 Å². The molecule has 1 heterocycles. The number of rotatable bonds is 4. The lowest BCUT2D eigenvalue weighted by Gasteiger charge is -2.20. The molecule has 0 aliphatic heterocycles. The normalized spacial score (nSPS) is 26.0. The second-order valence-electron chi connectivity index (χ2n) is 3.81. The van der Waals surface area contributed by atoms with Crippen LogP contribution in [-0.2, 0) is 6.52 Å². The van der Waals surface area contributed by atoms with Crippen LogP contribution in [0.3, 0.4) is 0 Å². The summed E-state index contributed by atoms with van der Waals surface area (Å²) in [7, 11) is -2.59. The zero-order valence-electron chi connectivity index (χ0n) is 19.3. The minimum Gasteiger partial charge on any atom is -0.497 e. The minimum atomic E-state index is -2.90. The fourth-order valence-electron chi connectivity index (χ4n) is 1.63. The van der Waals surface area contributed by atoms with Gasteiger partial charge in [-0.1, -0.05) is 0 Å². The Morgan fingerprint density at radius 2 is 2.35 bits per heavy atom. The molecule has 92 valence electrons. The van der Waals surface area contributed by atoms with Crippen LogP contribution in [-0.4, -0.2) is 36.5 Å². The van der Waals surface area contributed by atoms with Gasteiger partial charge in [-0.3, -0.25) is 0 Å². The zero-order valence-corrected chi connectivity index (χ0v) is 9.34. The Hall–Kier alpha value is -1.48. The zero-order chi connectivity index (χ0) is 20.8. The van der Waals surface area contributed by atoms with Gasteiger partial charge in [0.15, 0.2) is 0 Å². The maximum Gasteiger partial charge on any atom is 0.119 e. The van der Waals surface area contributed by atoms with Gasteiger partial charge in [0.2, 0.25) is 0 Å². The van der Waals surface area contributed by atoms with Gasteiger partial charge in [-0.15, -0.1) is 0 Å². The van der Waals surface area contributed by atoms with Crippen LogP contribution in [0.5, 0.6) is 5.75 Å². The van der Waals surface area contributed by atoms with E-state index >= 15 is 0 Å². The highest BCUT2D eigenvalue weighted by molar-refractivity contribution is 5.81. The summed E-state index contributed by atoms with van der Waals surface area (Å²) in [5.41, 5.74) is 0.524. The first-order valence-electron chi connectivity index (χ1n) is 10.2. The Labute approximate surface area is 117 Å². The number of benzene rings is 1. The van der Waals surface area contributed by atoms with Crippen LogP contribution < -0.4 is 4.74 Å². The highest BCUT2D eigenvalue weighted by atomic mass is 16.5. The molecule has 2 rings (SSSR count). The van der Waals surface area contributed by atoms with E-state index in [0.717, 1.165) is 0 Å². The lowest BCUT2D eigenvalue weighted by Crippen LogP contribution is -2.28. The molecule has 2 aromatic rings. The lowest BCUT2D eigenvalue weighted by atomic mass is 10.2. The fourth-order valence-corrected chi connectivity index (χ4v) is 1.63. The summed E-state index contributed by atoms with van der Waals surface area (Å²) in [6.07, 6.45) is 1.52. The molecule has 0 N–H and O–H groups in total. The van der Waals surface area contributed by atoms with Gasteiger partial charge in [-0.2, -0.15) is 0 Å². The third-order valence-electron chi connectivity index (χ3n) is 2.59. The van der Waals surface area contributed by atoms with Crippen molar-refractivity contribution in [2.24, 2.45) is 0 Å². The molecule has 1 aromatic heterocycles. The van der Waals surface area contributed by atoms with Crippen LogP contribution in [0.4, 0.5) is 0 Å². The first kappa shape index (κ1) is 4.65. The van der Waals surface area contributed by atoms with Crippen molar-refractivity contribution < 1.29 is 18.4 Å². The summed E-state index contributed by atoms with van der Waals surface area (Å²) in [6, 6.07) is 4.92. The number of likely N-dealkylation sites (N-methyl/N-ethyl adjacent to an activating group) is 1. The summed E-state index contributed by atoms with van der Waals surface area (Å²) in [5, 5.41) is 0.579. The van der Waals surface area contributed by atoms with Crippen molar-refractivity contribution in [1.82, 2.24) is 9.47 Å². The van der Waals surface area contributed by atoms with E-state index < -0.39 is 33.6 Å². The highest BCUT2D eigenvalue weighted by Crippen LogP contribution is 2.22. The van der Waals surface area contributed by atoms with E-state index in [0.29, 0.717) is 15.8 Å². The first-order valence-corrected chi connectivity index (χ1v) is 5.12. The lowest BCUT2D eigenvalue weighted by molar-refractivity contribution is 0.286. The van der Waals surface area contributed by atoms with E-state index in [1.807, 2.05) is 0 Å². The van der Waals surface area contributed by atoms with Crippen LogP contribution in [0, 0.1) is 0 Å². The molecule has 1 unspecified atom stereocenters. The maximum atomic E-state index is 8.41. The second kappa shape index (κ2) is 4.80. The molecule has 1 aromatic carbocycles. The van der Waals surface area contributed by atoms with Crippen LogP contribution in [0.15, 0.2) is 30.5 Å². The predicted octanol–water partition coefficient (Wildman–Crippen LogP) is 2.60. The van der Waals surface area contributed by atoms with Crippen molar-refractivity contribution in [3.63, 3.8) is 0 Å². The summed E-state index contributed by atoms with van der Waals surface area (Å²) in [5.74, 6) is 0.126. The van der Waals surface area contributed by atoms with Gasteiger partial charge < -0.3 is 14.2 Å². The van der Waals surface area contributed by atoms with Crippen molar-refractivity contribution in [3.05, 3.63) is 30.5 Å². The van der Waals surface area contributed by atoms with Crippen molar-refractivity contribution in [2.75, 3.05) is 21.0 Å². The minimum absolute atomic E-state index is 0.126. The van der Waals surface area contributed by atoms with Gasteiger partial charge >= 0.3 is 0 Å². The second-order valence-corrected chi connectivity index (χ2v) is 3.81. The average molecular weight is 242 g/mol. The summed E-state index contributed by atoms with van der Waals surface area (Å²) >= 11 is 0. The number of hydrogen-bond donors (Lipinski definition) is 0. The number of hydrogen-bond acceptors (Lipinski definition) is 2. The topological polar surface area (TPSA) is 17.4 Å². The van der Waals surface area contributed by atoms with Gasteiger partial charge in [-0.25, -0.2) is 0 Å². The molecule has 17 heavy (non-hydrogen) atoms. The van der Waals surface area contributed by atoms with E-state index in [-0.39, 0.29) is 5.75 Å². The number of nitrogens with zero attached hydrogens (tertiary/aromatic N) is 2. The van der Waals surface area contributed by atoms with Gasteiger partial charge in [0, 0.05) is 37.9 Å². The van der Waals surface area contributed by atoms with E-state index in [2.05, 4.69) is 0 Å². The van der Waals surface area contributed by atoms with Gasteiger partial charge in [0.25, 0.3) is 0 Å². The Morgan fingerprint density at radius 1 is 1.47 bits per heavy atom. The van der Waals surface area contributed by atoms with Crippen LogP contribution in [0.1, 0.15) is 20.6 Å².